The predicted molar refractivity (Wildman–Crippen MR) is 171 cm³/mol. The molecular weight excluding hydrogens is 572 g/mol. The molecule has 3 aromatic heterocycles. The normalized spacial score (nSPS) is 13.4. The van der Waals surface area contributed by atoms with Gasteiger partial charge in [-0.1, -0.05) is 48.5 Å². The molecule has 3 aromatic carbocycles. The molecule has 5 N–H and O–H groups in total. The van der Waals surface area contributed by atoms with Gasteiger partial charge in [-0.05, 0) is 73.8 Å². The van der Waals surface area contributed by atoms with Crippen LogP contribution in [0.5, 0.6) is 0 Å². The largest absolute Gasteiger partial charge is 0.368 e. The summed E-state index contributed by atoms with van der Waals surface area (Å²) in [5.74, 6) is 0.605. The standard InChI is InChI=1S/C32H30N10O3/c1-19-26-27(42(39-19)24-9-6-8-21(17-24)28-36-30(33)38-37-28)29(43)41(32(45)35-26)31(44)34-23-13-11-20(12-14-23)25-10-3-2-7-22(25)18-40-15-4-5-16-40/h2-3,6-14,17H,4-5,15-16,18H2,1H3,(H,34,44)(H,35,45)(H3,33,36,37,38). The lowest BCUT2D eigenvalue weighted by Crippen LogP contribution is -2.42. The van der Waals surface area contributed by atoms with Gasteiger partial charge in [0.2, 0.25) is 5.95 Å². The second-order valence-corrected chi connectivity index (χ2v) is 11.0. The van der Waals surface area contributed by atoms with Crippen LogP contribution in [-0.2, 0) is 6.54 Å². The number of nitrogens with two attached hydrogens (primary N) is 1. The number of carbonyl (C=O) groups is 1. The average molecular weight is 603 g/mol. The van der Waals surface area contributed by atoms with Crippen LogP contribution in [0.1, 0.15) is 24.1 Å². The summed E-state index contributed by atoms with van der Waals surface area (Å²) in [5, 5.41) is 15.0. The Morgan fingerprint density at radius 1 is 0.933 bits per heavy atom. The molecule has 1 amide bonds. The number of H-pyrrole nitrogens is 2. The molecule has 1 aliphatic rings. The molecule has 1 fully saturated rings. The number of fused-ring (bicyclic) bond motifs is 1. The van der Waals surface area contributed by atoms with E-state index in [1.807, 2.05) is 24.3 Å². The van der Waals surface area contributed by atoms with Gasteiger partial charge in [0.1, 0.15) is 0 Å². The first-order valence-corrected chi connectivity index (χ1v) is 14.6. The van der Waals surface area contributed by atoms with Crippen LogP contribution in [0.4, 0.5) is 16.4 Å². The van der Waals surface area contributed by atoms with E-state index >= 15 is 0 Å². The van der Waals surface area contributed by atoms with Gasteiger partial charge >= 0.3 is 11.7 Å². The number of hydrogen-bond donors (Lipinski definition) is 4. The van der Waals surface area contributed by atoms with Crippen LogP contribution in [0, 0.1) is 6.92 Å². The zero-order valence-electron chi connectivity index (χ0n) is 24.4. The molecule has 4 heterocycles. The summed E-state index contributed by atoms with van der Waals surface area (Å²) in [6, 6.07) is 21.8. The van der Waals surface area contributed by atoms with Crippen LogP contribution < -0.4 is 22.3 Å². The van der Waals surface area contributed by atoms with Crippen molar-refractivity contribution in [3.8, 4) is 28.2 Å². The minimum Gasteiger partial charge on any atom is -0.368 e. The van der Waals surface area contributed by atoms with E-state index in [-0.39, 0.29) is 17.0 Å². The highest BCUT2D eigenvalue weighted by atomic mass is 16.2. The van der Waals surface area contributed by atoms with Crippen LogP contribution >= 0.6 is 0 Å². The molecule has 7 rings (SSSR count). The van der Waals surface area contributed by atoms with Gasteiger partial charge in [0.25, 0.3) is 5.56 Å². The minimum absolute atomic E-state index is 0.0430. The van der Waals surface area contributed by atoms with Crippen LogP contribution in [0.2, 0.25) is 0 Å². The smallest absolute Gasteiger partial charge is 0.337 e. The van der Waals surface area contributed by atoms with Gasteiger partial charge in [0, 0.05) is 17.8 Å². The first-order valence-electron chi connectivity index (χ1n) is 14.6. The third-order valence-corrected chi connectivity index (χ3v) is 8.03. The number of aromatic amines is 2. The van der Waals surface area contributed by atoms with Gasteiger partial charge in [-0.3, -0.25) is 9.69 Å². The number of nitrogens with zero attached hydrogens (tertiary/aromatic N) is 6. The third kappa shape index (κ3) is 5.29. The van der Waals surface area contributed by atoms with E-state index in [4.69, 9.17) is 5.73 Å². The Labute approximate surface area is 256 Å². The topological polar surface area (TPSA) is 173 Å². The molecule has 13 heteroatoms. The summed E-state index contributed by atoms with van der Waals surface area (Å²) in [6.45, 7) is 4.77. The zero-order valence-corrected chi connectivity index (χ0v) is 24.4. The molecule has 226 valence electrons. The second-order valence-electron chi connectivity index (χ2n) is 11.0. The summed E-state index contributed by atoms with van der Waals surface area (Å²) in [4.78, 5) is 48.1. The van der Waals surface area contributed by atoms with Crippen LogP contribution in [0.15, 0.2) is 82.4 Å². The SMILES string of the molecule is Cc1nn(-c2cccc(-c3nnc(N)[nH]3)c2)c2c(=O)n(C(=O)Nc3ccc(-c4ccccc4CN4CCCC4)cc3)c(=O)[nH]c12. The molecule has 0 unspecified atom stereocenters. The van der Waals surface area contributed by atoms with E-state index in [0.717, 1.165) is 30.8 Å². The number of amides is 1. The highest BCUT2D eigenvalue weighted by Gasteiger charge is 2.22. The van der Waals surface area contributed by atoms with Crippen LogP contribution in [0.3, 0.4) is 0 Å². The quantitative estimate of drug-likeness (QED) is 0.222. The van der Waals surface area contributed by atoms with Gasteiger partial charge in [-0.2, -0.15) is 9.67 Å². The van der Waals surface area contributed by atoms with E-state index in [2.05, 4.69) is 47.6 Å². The molecule has 45 heavy (non-hydrogen) atoms. The fourth-order valence-corrected chi connectivity index (χ4v) is 5.83. The van der Waals surface area contributed by atoms with E-state index in [0.29, 0.717) is 33.0 Å². The summed E-state index contributed by atoms with van der Waals surface area (Å²) in [6.07, 6.45) is 2.45. The van der Waals surface area contributed by atoms with Crippen molar-refractivity contribution in [2.45, 2.75) is 26.3 Å². The average Bonchev–Trinajstić information content (AvgIpc) is 3.79. The van der Waals surface area contributed by atoms with Crippen molar-refractivity contribution in [3.05, 3.63) is 105 Å². The Morgan fingerprint density at radius 3 is 2.47 bits per heavy atom. The van der Waals surface area contributed by atoms with Crippen LogP contribution in [-0.4, -0.2) is 58.5 Å². The van der Waals surface area contributed by atoms with Crippen molar-refractivity contribution in [3.63, 3.8) is 0 Å². The number of nitrogen functional groups attached to an aromatic ring is 1. The van der Waals surface area contributed by atoms with Crippen molar-refractivity contribution < 1.29 is 4.79 Å². The van der Waals surface area contributed by atoms with Crippen molar-refractivity contribution >= 4 is 28.7 Å². The summed E-state index contributed by atoms with van der Waals surface area (Å²) in [5.41, 5.74) is 9.68. The van der Waals surface area contributed by atoms with Crippen molar-refractivity contribution in [2.24, 2.45) is 0 Å². The lowest BCUT2D eigenvalue weighted by Gasteiger charge is -2.18. The molecule has 0 spiro atoms. The monoisotopic (exact) mass is 602 g/mol. The fraction of sp³-hybridized carbons (Fsp3) is 0.188. The van der Waals surface area contributed by atoms with Gasteiger partial charge in [-0.25, -0.2) is 14.3 Å². The Bertz CT molecular complexity index is 2170. The van der Waals surface area contributed by atoms with E-state index in [1.165, 1.54) is 23.1 Å². The first-order chi connectivity index (χ1) is 21.9. The first kappa shape index (κ1) is 28.0. The number of rotatable bonds is 6. The summed E-state index contributed by atoms with van der Waals surface area (Å²) < 4.78 is 1.94. The van der Waals surface area contributed by atoms with Crippen molar-refractivity contribution in [1.29, 1.82) is 0 Å². The fourth-order valence-electron chi connectivity index (χ4n) is 5.83. The molecule has 1 aliphatic heterocycles. The van der Waals surface area contributed by atoms with Gasteiger partial charge in [0.15, 0.2) is 11.3 Å². The molecule has 1 saturated heterocycles. The molecule has 0 bridgehead atoms. The Balaban J connectivity index is 1.19. The molecule has 0 aliphatic carbocycles. The van der Waals surface area contributed by atoms with E-state index < -0.39 is 17.3 Å². The zero-order chi connectivity index (χ0) is 31.1. The Hall–Kier alpha value is -5.82. The maximum atomic E-state index is 13.7. The highest BCUT2D eigenvalue weighted by molar-refractivity contribution is 5.92. The number of anilines is 2. The summed E-state index contributed by atoms with van der Waals surface area (Å²) >= 11 is 0. The van der Waals surface area contributed by atoms with Gasteiger partial charge < -0.3 is 21.0 Å². The molecule has 0 atom stereocenters. The molecule has 0 saturated carbocycles. The number of carbonyl (C=O) groups excluding carboxylic acids is 1. The minimum atomic E-state index is -0.887. The third-order valence-electron chi connectivity index (χ3n) is 8.03. The Kier molecular flexibility index (Phi) is 7.06. The maximum Gasteiger partial charge on any atom is 0.337 e. The van der Waals surface area contributed by atoms with Crippen molar-refractivity contribution in [2.75, 3.05) is 24.1 Å². The lowest BCUT2D eigenvalue weighted by molar-refractivity contribution is 0.252. The summed E-state index contributed by atoms with van der Waals surface area (Å²) in [7, 11) is 0. The van der Waals surface area contributed by atoms with E-state index in [9.17, 15) is 14.4 Å². The predicted octanol–water partition coefficient (Wildman–Crippen LogP) is 3.89. The maximum absolute atomic E-state index is 13.7. The van der Waals surface area contributed by atoms with Crippen molar-refractivity contribution in [1.82, 2.24) is 39.4 Å². The number of aromatic nitrogens is 7. The Morgan fingerprint density at radius 2 is 1.71 bits per heavy atom. The van der Waals surface area contributed by atoms with Crippen LogP contribution in [0.25, 0.3) is 39.2 Å². The van der Waals surface area contributed by atoms with Gasteiger partial charge in [-0.15, -0.1) is 10.2 Å². The molecule has 6 aromatic rings. The molecule has 13 nitrogen and oxygen atoms in total. The lowest BCUT2D eigenvalue weighted by atomic mass is 9.99. The number of nitrogens with one attached hydrogen (secondary N) is 3. The number of hydrogen-bond acceptors (Lipinski definition) is 8. The number of likely N-dealkylation sites (tertiary alicyclic amines) is 1. The van der Waals surface area contributed by atoms with Gasteiger partial charge in [0.05, 0.1) is 16.9 Å². The van der Waals surface area contributed by atoms with E-state index in [1.54, 1.807) is 43.3 Å². The highest BCUT2D eigenvalue weighted by Crippen LogP contribution is 2.27. The number of aryl methyl sites for hydroxylation is 1. The second kappa shape index (κ2) is 11.4. The number of benzene rings is 3. The molecular formula is C32H30N10O3. The molecule has 0 radical (unpaired) electrons.